The van der Waals surface area contributed by atoms with E-state index in [1.165, 1.54) is 18.5 Å². The lowest BCUT2D eigenvalue weighted by Gasteiger charge is -2.14. The maximum absolute atomic E-state index is 12.2. The number of alkyl halides is 3. The van der Waals surface area contributed by atoms with E-state index >= 15 is 0 Å². The highest BCUT2D eigenvalue weighted by Crippen LogP contribution is 2.24. The summed E-state index contributed by atoms with van der Waals surface area (Å²) in [4.78, 5) is 8.38. The molecule has 0 saturated heterocycles. The summed E-state index contributed by atoms with van der Waals surface area (Å²) in [5.41, 5.74) is 8.55. The van der Waals surface area contributed by atoms with Gasteiger partial charge in [-0.05, 0) is 29.8 Å². The fourth-order valence-electron chi connectivity index (χ4n) is 2.53. The number of nitrogens with one attached hydrogen (secondary N) is 1. The average molecular weight is 388 g/mol. The zero-order valence-electron chi connectivity index (χ0n) is 14.9. The van der Waals surface area contributed by atoms with Gasteiger partial charge >= 0.3 is 6.18 Å². The second-order valence-corrected chi connectivity index (χ2v) is 6.11. The molecule has 3 aromatic rings. The molecule has 146 valence electrons. The molecular weight excluding hydrogens is 369 g/mol. The summed E-state index contributed by atoms with van der Waals surface area (Å²) in [6, 6.07) is 17.5. The molecule has 0 aliphatic heterocycles. The fourth-order valence-corrected chi connectivity index (χ4v) is 2.53. The van der Waals surface area contributed by atoms with Crippen LogP contribution in [0.5, 0.6) is 5.75 Å². The SMILES string of the molecule is NC(CNc1cc(-c2ccc(OCC(F)(F)F)cc2)ncn1)c1ccccc1. The first kappa shape index (κ1) is 19.6. The van der Waals surface area contributed by atoms with Gasteiger partial charge in [0.15, 0.2) is 6.61 Å². The molecule has 0 spiro atoms. The van der Waals surface area contributed by atoms with Crippen molar-refractivity contribution in [1.82, 2.24) is 9.97 Å². The smallest absolute Gasteiger partial charge is 0.422 e. The van der Waals surface area contributed by atoms with E-state index in [1.54, 1.807) is 18.2 Å². The number of hydrogen-bond donors (Lipinski definition) is 2. The molecule has 0 amide bonds. The van der Waals surface area contributed by atoms with Crippen LogP contribution in [0.15, 0.2) is 67.0 Å². The Bertz CT molecular complexity index is 886. The predicted molar refractivity (Wildman–Crippen MR) is 101 cm³/mol. The molecule has 28 heavy (non-hydrogen) atoms. The van der Waals surface area contributed by atoms with Gasteiger partial charge in [-0.3, -0.25) is 0 Å². The van der Waals surface area contributed by atoms with Crippen LogP contribution in [0.4, 0.5) is 19.0 Å². The van der Waals surface area contributed by atoms with E-state index in [4.69, 9.17) is 10.5 Å². The van der Waals surface area contributed by atoms with Crippen molar-refractivity contribution in [3.05, 3.63) is 72.6 Å². The number of aromatic nitrogens is 2. The number of rotatable bonds is 7. The van der Waals surface area contributed by atoms with Crippen LogP contribution in [0.25, 0.3) is 11.3 Å². The number of hydrogen-bond acceptors (Lipinski definition) is 5. The predicted octanol–water partition coefficient (Wildman–Crippen LogP) is 4.20. The number of nitrogens with two attached hydrogens (primary N) is 1. The van der Waals surface area contributed by atoms with Gasteiger partial charge in [0.25, 0.3) is 0 Å². The van der Waals surface area contributed by atoms with Crippen molar-refractivity contribution >= 4 is 5.82 Å². The van der Waals surface area contributed by atoms with Gasteiger partial charge in [0, 0.05) is 24.2 Å². The maximum atomic E-state index is 12.2. The zero-order chi connectivity index (χ0) is 20.0. The van der Waals surface area contributed by atoms with Crippen molar-refractivity contribution in [2.45, 2.75) is 12.2 Å². The largest absolute Gasteiger partial charge is 0.484 e. The van der Waals surface area contributed by atoms with Crippen LogP contribution in [-0.4, -0.2) is 29.3 Å². The normalized spacial score (nSPS) is 12.4. The number of ether oxygens (including phenoxy) is 1. The highest BCUT2D eigenvalue weighted by atomic mass is 19.4. The third kappa shape index (κ3) is 5.68. The quantitative estimate of drug-likeness (QED) is 0.635. The molecule has 0 fully saturated rings. The van der Waals surface area contributed by atoms with Gasteiger partial charge in [0.1, 0.15) is 17.9 Å². The first-order valence-electron chi connectivity index (χ1n) is 8.57. The van der Waals surface area contributed by atoms with E-state index in [0.29, 0.717) is 18.1 Å². The summed E-state index contributed by atoms with van der Waals surface area (Å²) in [5, 5.41) is 3.18. The van der Waals surface area contributed by atoms with Crippen molar-refractivity contribution in [2.24, 2.45) is 5.73 Å². The molecule has 8 heteroatoms. The third-order valence-electron chi connectivity index (χ3n) is 3.95. The molecule has 0 saturated carbocycles. The zero-order valence-corrected chi connectivity index (χ0v) is 14.9. The Morgan fingerprint density at radius 3 is 2.39 bits per heavy atom. The van der Waals surface area contributed by atoms with Gasteiger partial charge in [0.05, 0.1) is 5.69 Å². The highest BCUT2D eigenvalue weighted by Gasteiger charge is 2.28. The maximum Gasteiger partial charge on any atom is 0.422 e. The van der Waals surface area contributed by atoms with Gasteiger partial charge < -0.3 is 15.8 Å². The van der Waals surface area contributed by atoms with Gasteiger partial charge in [-0.25, -0.2) is 9.97 Å². The molecule has 1 atom stereocenters. The summed E-state index contributed by atoms with van der Waals surface area (Å²) >= 11 is 0. The molecule has 0 bridgehead atoms. The molecular formula is C20H19F3N4O. The van der Waals surface area contributed by atoms with E-state index in [1.807, 2.05) is 30.3 Å². The summed E-state index contributed by atoms with van der Waals surface area (Å²) in [7, 11) is 0. The van der Waals surface area contributed by atoms with Crippen LogP contribution >= 0.6 is 0 Å². The van der Waals surface area contributed by atoms with E-state index in [0.717, 1.165) is 11.1 Å². The van der Waals surface area contributed by atoms with E-state index in [-0.39, 0.29) is 11.8 Å². The standard InChI is InChI=1S/C20H19F3N4O/c21-20(22,23)12-28-16-8-6-15(7-9-16)18-10-19(27-13-26-18)25-11-17(24)14-4-2-1-3-5-14/h1-10,13,17H,11-12,24H2,(H,25,26,27). The minimum absolute atomic E-state index is 0.141. The Labute approximate surface area is 160 Å². The van der Waals surface area contributed by atoms with Crippen LogP contribution in [0.3, 0.4) is 0 Å². The van der Waals surface area contributed by atoms with E-state index in [9.17, 15) is 13.2 Å². The van der Waals surface area contributed by atoms with Gasteiger partial charge in [0.2, 0.25) is 0 Å². The molecule has 2 aromatic carbocycles. The molecule has 1 aromatic heterocycles. The molecule has 3 N–H and O–H groups in total. The van der Waals surface area contributed by atoms with Crippen LogP contribution in [0.2, 0.25) is 0 Å². The van der Waals surface area contributed by atoms with Crippen LogP contribution in [0.1, 0.15) is 11.6 Å². The summed E-state index contributed by atoms with van der Waals surface area (Å²) < 4.78 is 41.3. The number of nitrogens with zero attached hydrogens (tertiary/aromatic N) is 2. The molecule has 0 aliphatic rings. The highest BCUT2D eigenvalue weighted by molar-refractivity contribution is 5.62. The second-order valence-electron chi connectivity index (χ2n) is 6.11. The molecule has 0 aliphatic carbocycles. The lowest BCUT2D eigenvalue weighted by molar-refractivity contribution is -0.153. The average Bonchev–Trinajstić information content (AvgIpc) is 2.71. The molecule has 1 heterocycles. The molecule has 3 rings (SSSR count). The Kier molecular flexibility index (Phi) is 6.10. The minimum Gasteiger partial charge on any atom is -0.484 e. The minimum atomic E-state index is -4.37. The third-order valence-corrected chi connectivity index (χ3v) is 3.95. The Morgan fingerprint density at radius 2 is 1.71 bits per heavy atom. The molecule has 1 unspecified atom stereocenters. The van der Waals surface area contributed by atoms with Crippen LogP contribution in [-0.2, 0) is 0 Å². The Hall–Kier alpha value is -3.13. The van der Waals surface area contributed by atoms with Crippen molar-refractivity contribution in [1.29, 1.82) is 0 Å². The summed E-state index contributed by atoms with van der Waals surface area (Å²) in [6.07, 6.45) is -2.95. The number of anilines is 1. The topological polar surface area (TPSA) is 73.1 Å². The first-order chi connectivity index (χ1) is 13.4. The lowest BCUT2D eigenvalue weighted by atomic mass is 10.1. The lowest BCUT2D eigenvalue weighted by Crippen LogP contribution is -2.20. The van der Waals surface area contributed by atoms with E-state index < -0.39 is 12.8 Å². The second kappa shape index (κ2) is 8.71. The number of benzene rings is 2. The Morgan fingerprint density at radius 1 is 1.00 bits per heavy atom. The summed E-state index contributed by atoms with van der Waals surface area (Å²) in [5.74, 6) is 0.746. The van der Waals surface area contributed by atoms with Crippen LogP contribution < -0.4 is 15.8 Å². The van der Waals surface area contributed by atoms with Gasteiger partial charge in [-0.15, -0.1) is 0 Å². The van der Waals surface area contributed by atoms with E-state index in [2.05, 4.69) is 15.3 Å². The fraction of sp³-hybridized carbons (Fsp3) is 0.200. The van der Waals surface area contributed by atoms with Gasteiger partial charge in [-0.2, -0.15) is 13.2 Å². The molecule has 0 radical (unpaired) electrons. The molecule has 5 nitrogen and oxygen atoms in total. The van der Waals surface area contributed by atoms with Gasteiger partial charge in [-0.1, -0.05) is 30.3 Å². The monoisotopic (exact) mass is 388 g/mol. The Balaban J connectivity index is 1.63. The van der Waals surface area contributed by atoms with Crippen LogP contribution in [0, 0.1) is 0 Å². The first-order valence-corrected chi connectivity index (χ1v) is 8.57. The van der Waals surface area contributed by atoms with Crippen molar-refractivity contribution in [2.75, 3.05) is 18.5 Å². The summed E-state index contributed by atoms with van der Waals surface area (Å²) in [6.45, 7) is -0.833. The number of halogens is 3. The van der Waals surface area contributed by atoms with Crippen molar-refractivity contribution in [3.63, 3.8) is 0 Å². The van der Waals surface area contributed by atoms with Crippen molar-refractivity contribution < 1.29 is 17.9 Å². The van der Waals surface area contributed by atoms with Crippen molar-refractivity contribution in [3.8, 4) is 17.0 Å².